The van der Waals surface area contributed by atoms with Crippen molar-refractivity contribution in [3.05, 3.63) is 42.0 Å². The molecule has 0 bridgehead atoms. The van der Waals surface area contributed by atoms with Crippen molar-refractivity contribution in [2.75, 3.05) is 0 Å². The van der Waals surface area contributed by atoms with E-state index < -0.39 is 0 Å². The number of nitrogens with one attached hydrogen (secondary N) is 1. The summed E-state index contributed by atoms with van der Waals surface area (Å²) in [6.07, 6.45) is 3.29. The van der Waals surface area contributed by atoms with Crippen LogP contribution in [0.3, 0.4) is 0 Å². The number of rotatable bonds is 3. The number of hydrogen-bond donors (Lipinski definition) is 1. The summed E-state index contributed by atoms with van der Waals surface area (Å²) < 4.78 is 8.67. The molecule has 0 atom stereocenters. The maximum atomic E-state index is 4.72. The van der Waals surface area contributed by atoms with Gasteiger partial charge in [0.1, 0.15) is 11.4 Å². The van der Waals surface area contributed by atoms with Gasteiger partial charge in [-0.05, 0) is 22.8 Å². The third-order valence-corrected chi connectivity index (χ3v) is 3.61. The molecule has 21 heavy (non-hydrogen) atoms. The molecule has 0 radical (unpaired) electrons. The summed E-state index contributed by atoms with van der Waals surface area (Å²) in [6.45, 7) is 0. The summed E-state index contributed by atoms with van der Waals surface area (Å²) in [5.41, 5.74) is 5.11. The molecule has 1 aromatic carbocycles. The molecule has 0 unspecified atom stereocenters. The number of nitrogens with zero attached hydrogens (tertiary/aromatic N) is 5. The van der Waals surface area contributed by atoms with Crippen LogP contribution in [0.5, 0.6) is 0 Å². The van der Waals surface area contributed by atoms with Crippen molar-refractivity contribution in [3.63, 3.8) is 0 Å². The number of aromatic nitrogens is 6. The van der Waals surface area contributed by atoms with Crippen LogP contribution < -0.4 is 0 Å². The van der Waals surface area contributed by atoms with Gasteiger partial charge in [-0.3, -0.25) is 5.10 Å². The molecule has 0 spiro atoms. The van der Waals surface area contributed by atoms with Gasteiger partial charge in [0, 0.05) is 28.3 Å². The average Bonchev–Trinajstić information content (AvgIpc) is 3.28. The van der Waals surface area contributed by atoms with Crippen molar-refractivity contribution in [2.24, 2.45) is 0 Å². The van der Waals surface area contributed by atoms with Gasteiger partial charge in [-0.25, -0.2) is 4.63 Å². The molecule has 4 rings (SSSR count). The van der Waals surface area contributed by atoms with E-state index in [4.69, 9.17) is 4.63 Å². The SMILES string of the molecule is c1cc(-c2cnon2)c(-c2csnn2)c(-c2ccn[nH]2)c1. The normalized spacial score (nSPS) is 10.9. The fourth-order valence-electron chi connectivity index (χ4n) is 2.23. The van der Waals surface area contributed by atoms with Crippen LogP contribution in [-0.4, -0.2) is 30.1 Å². The molecule has 0 fully saturated rings. The number of hydrogen-bond acceptors (Lipinski definition) is 7. The lowest BCUT2D eigenvalue weighted by Gasteiger charge is -2.09. The molecule has 0 aliphatic rings. The van der Waals surface area contributed by atoms with Crippen molar-refractivity contribution in [1.82, 2.24) is 30.1 Å². The summed E-state index contributed by atoms with van der Waals surface area (Å²) in [7, 11) is 0. The summed E-state index contributed by atoms with van der Waals surface area (Å²) in [5, 5.41) is 20.7. The molecule has 102 valence electrons. The molecule has 3 heterocycles. The van der Waals surface area contributed by atoms with Crippen LogP contribution in [-0.2, 0) is 0 Å². The first-order valence-corrected chi connectivity index (χ1v) is 6.95. The molecule has 4 aromatic rings. The van der Waals surface area contributed by atoms with Crippen LogP contribution in [0.1, 0.15) is 0 Å². The molecule has 0 aliphatic heterocycles. The standard InChI is InChI=1S/C13H8N6OS/c1-2-8(10-4-5-14-16-10)13(12-7-21-19-17-12)9(3-1)11-6-15-20-18-11/h1-7H,(H,14,16). The van der Waals surface area contributed by atoms with E-state index in [9.17, 15) is 0 Å². The summed E-state index contributed by atoms with van der Waals surface area (Å²) in [5.74, 6) is 0. The molecule has 7 nitrogen and oxygen atoms in total. The highest BCUT2D eigenvalue weighted by atomic mass is 32.1. The van der Waals surface area contributed by atoms with Crippen LogP contribution in [0.4, 0.5) is 0 Å². The van der Waals surface area contributed by atoms with Crippen molar-refractivity contribution < 1.29 is 4.63 Å². The zero-order valence-corrected chi connectivity index (χ0v) is 11.4. The molecule has 0 saturated carbocycles. The van der Waals surface area contributed by atoms with Crippen LogP contribution >= 0.6 is 11.5 Å². The van der Waals surface area contributed by atoms with E-state index in [1.807, 2.05) is 29.6 Å². The van der Waals surface area contributed by atoms with Gasteiger partial charge in [-0.2, -0.15) is 5.10 Å². The Bertz CT molecular complexity index is 787. The highest BCUT2D eigenvalue weighted by Gasteiger charge is 2.18. The lowest BCUT2D eigenvalue weighted by molar-refractivity contribution is 0.308. The predicted octanol–water partition coefficient (Wildman–Crippen LogP) is 2.65. The molecular weight excluding hydrogens is 288 g/mol. The number of H-pyrrole nitrogens is 1. The Labute approximate surface area is 122 Å². The smallest absolute Gasteiger partial charge is 0.135 e. The second-order valence-electron chi connectivity index (χ2n) is 4.28. The van der Waals surface area contributed by atoms with E-state index in [1.165, 1.54) is 11.5 Å². The quantitative estimate of drug-likeness (QED) is 0.624. The lowest BCUT2D eigenvalue weighted by atomic mass is 9.95. The first-order valence-electron chi connectivity index (χ1n) is 6.11. The first kappa shape index (κ1) is 11.9. The van der Waals surface area contributed by atoms with Crippen LogP contribution in [0, 0.1) is 0 Å². The van der Waals surface area contributed by atoms with Crippen molar-refractivity contribution in [1.29, 1.82) is 0 Å². The van der Waals surface area contributed by atoms with Gasteiger partial charge in [-0.15, -0.1) is 5.10 Å². The van der Waals surface area contributed by atoms with Gasteiger partial charge < -0.3 is 0 Å². The third-order valence-electron chi connectivity index (χ3n) is 3.11. The van der Waals surface area contributed by atoms with E-state index in [0.717, 1.165) is 28.1 Å². The fourth-order valence-corrected chi connectivity index (χ4v) is 2.68. The van der Waals surface area contributed by atoms with E-state index in [0.29, 0.717) is 5.69 Å². The van der Waals surface area contributed by atoms with Gasteiger partial charge >= 0.3 is 0 Å². The average molecular weight is 296 g/mol. The Morgan fingerprint density at radius 2 is 2.05 bits per heavy atom. The maximum Gasteiger partial charge on any atom is 0.135 e. The maximum absolute atomic E-state index is 4.72. The van der Waals surface area contributed by atoms with Gasteiger partial charge in [0.05, 0.1) is 11.9 Å². The molecule has 8 heteroatoms. The Kier molecular flexibility index (Phi) is 2.79. The summed E-state index contributed by atoms with van der Waals surface area (Å²) in [6, 6.07) is 7.81. The molecular formula is C13H8N6OS. The summed E-state index contributed by atoms with van der Waals surface area (Å²) >= 11 is 1.30. The zero-order chi connectivity index (χ0) is 14.1. The Hall–Kier alpha value is -2.87. The minimum Gasteiger partial charge on any atom is -0.278 e. The minimum absolute atomic E-state index is 0.652. The molecule has 3 aromatic heterocycles. The Balaban J connectivity index is 2.03. The van der Waals surface area contributed by atoms with Crippen molar-refractivity contribution in [2.45, 2.75) is 0 Å². The highest BCUT2D eigenvalue weighted by molar-refractivity contribution is 7.03. The number of benzene rings is 1. The lowest BCUT2D eigenvalue weighted by Crippen LogP contribution is -1.91. The van der Waals surface area contributed by atoms with E-state index in [2.05, 4.69) is 30.1 Å². The van der Waals surface area contributed by atoms with Crippen LogP contribution in [0.15, 0.2) is 46.7 Å². The van der Waals surface area contributed by atoms with Crippen LogP contribution in [0.2, 0.25) is 0 Å². The summed E-state index contributed by atoms with van der Waals surface area (Å²) in [4.78, 5) is 0. The monoisotopic (exact) mass is 296 g/mol. The zero-order valence-electron chi connectivity index (χ0n) is 10.6. The number of aromatic amines is 1. The predicted molar refractivity (Wildman–Crippen MR) is 76.2 cm³/mol. The van der Waals surface area contributed by atoms with Crippen LogP contribution in [0.25, 0.3) is 33.8 Å². The fraction of sp³-hybridized carbons (Fsp3) is 0. The van der Waals surface area contributed by atoms with E-state index >= 15 is 0 Å². The van der Waals surface area contributed by atoms with E-state index in [1.54, 1.807) is 12.4 Å². The topological polar surface area (TPSA) is 93.4 Å². The second-order valence-corrected chi connectivity index (χ2v) is 4.89. The van der Waals surface area contributed by atoms with Crippen molar-refractivity contribution >= 4 is 11.5 Å². The largest absolute Gasteiger partial charge is 0.278 e. The van der Waals surface area contributed by atoms with Gasteiger partial charge in [0.2, 0.25) is 0 Å². The second kappa shape index (κ2) is 4.91. The Morgan fingerprint density at radius 1 is 1.10 bits per heavy atom. The highest BCUT2D eigenvalue weighted by Crippen LogP contribution is 2.37. The molecule has 0 aliphatic carbocycles. The third kappa shape index (κ3) is 2.01. The molecule has 1 N–H and O–H groups in total. The van der Waals surface area contributed by atoms with Crippen molar-refractivity contribution in [3.8, 4) is 33.8 Å². The molecule has 0 saturated heterocycles. The molecule has 0 amide bonds. The Morgan fingerprint density at radius 3 is 2.76 bits per heavy atom. The van der Waals surface area contributed by atoms with Gasteiger partial charge in [-0.1, -0.05) is 27.8 Å². The van der Waals surface area contributed by atoms with Gasteiger partial charge in [0.25, 0.3) is 0 Å². The first-order chi connectivity index (χ1) is 10.4. The minimum atomic E-state index is 0.652. The van der Waals surface area contributed by atoms with E-state index in [-0.39, 0.29) is 0 Å². The van der Waals surface area contributed by atoms with Gasteiger partial charge in [0.15, 0.2) is 0 Å².